The number of carbonyl (C=O) groups excluding carboxylic acids is 1. The first kappa shape index (κ1) is 14.5. The van der Waals surface area contributed by atoms with Crippen LogP contribution in [0.25, 0.3) is 0 Å². The van der Waals surface area contributed by atoms with Crippen LogP contribution in [0.3, 0.4) is 0 Å². The Kier molecular flexibility index (Phi) is 5.49. The number of anilines is 1. The van der Waals surface area contributed by atoms with Crippen molar-refractivity contribution in [2.24, 2.45) is 0 Å². The van der Waals surface area contributed by atoms with E-state index in [4.69, 9.17) is 4.74 Å². The predicted octanol–water partition coefficient (Wildman–Crippen LogP) is 2.65. The lowest BCUT2D eigenvalue weighted by Gasteiger charge is -2.01. The lowest BCUT2D eigenvalue weighted by molar-refractivity contribution is -0.143. The Labute approximate surface area is 122 Å². The topological polar surface area (TPSA) is 64.1 Å². The third kappa shape index (κ3) is 4.62. The van der Waals surface area contributed by atoms with Gasteiger partial charge in [-0.15, -0.1) is 11.3 Å². The fraction of sp³-hybridized carbons (Fsp3) is 0.357. The monoisotopic (exact) mass is 291 g/mol. The number of rotatable bonds is 7. The SMILES string of the molecule is CCOC(=O)CCc1csc(NCc2cccnc2)n1. The third-order valence-corrected chi connectivity index (χ3v) is 3.46. The van der Waals surface area contributed by atoms with Crippen LogP contribution >= 0.6 is 11.3 Å². The van der Waals surface area contributed by atoms with Gasteiger partial charge in [-0.2, -0.15) is 0 Å². The van der Waals surface area contributed by atoms with Crippen LogP contribution in [0.1, 0.15) is 24.6 Å². The molecule has 0 amide bonds. The molecule has 0 aromatic carbocycles. The molecule has 5 nitrogen and oxygen atoms in total. The Bertz CT molecular complexity index is 542. The van der Waals surface area contributed by atoms with Gasteiger partial charge in [0.05, 0.1) is 18.7 Å². The Morgan fingerprint density at radius 2 is 2.40 bits per heavy atom. The molecule has 0 radical (unpaired) electrons. The number of hydrogen-bond acceptors (Lipinski definition) is 6. The summed E-state index contributed by atoms with van der Waals surface area (Å²) in [4.78, 5) is 19.8. The maximum atomic E-state index is 11.3. The Morgan fingerprint density at radius 3 is 3.15 bits per heavy atom. The van der Waals surface area contributed by atoms with Crippen molar-refractivity contribution < 1.29 is 9.53 Å². The molecular formula is C14H17N3O2S. The van der Waals surface area contributed by atoms with Gasteiger partial charge in [-0.25, -0.2) is 4.98 Å². The van der Waals surface area contributed by atoms with Crippen LogP contribution in [0.4, 0.5) is 5.13 Å². The maximum absolute atomic E-state index is 11.3. The first-order chi connectivity index (χ1) is 9.78. The molecule has 106 valence electrons. The summed E-state index contributed by atoms with van der Waals surface area (Å²) in [7, 11) is 0. The fourth-order valence-electron chi connectivity index (χ4n) is 1.65. The molecule has 0 saturated heterocycles. The number of nitrogens with one attached hydrogen (secondary N) is 1. The van der Waals surface area contributed by atoms with Gasteiger partial charge in [0.25, 0.3) is 0 Å². The number of thiazole rings is 1. The average molecular weight is 291 g/mol. The lowest BCUT2D eigenvalue weighted by atomic mass is 10.2. The zero-order valence-electron chi connectivity index (χ0n) is 11.3. The minimum Gasteiger partial charge on any atom is -0.466 e. The fourth-order valence-corrected chi connectivity index (χ4v) is 2.39. The molecule has 0 bridgehead atoms. The van der Waals surface area contributed by atoms with E-state index in [1.165, 1.54) is 11.3 Å². The number of aromatic nitrogens is 2. The van der Waals surface area contributed by atoms with Gasteiger partial charge in [0, 0.05) is 30.7 Å². The van der Waals surface area contributed by atoms with Gasteiger partial charge in [-0.1, -0.05) is 6.07 Å². The van der Waals surface area contributed by atoms with E-state index in [-0.39, 0.29) is 5.97 Å². The Morgan fingerprint density at radius 1 is 1.50 bits per heavy atom. The molecule has 0 fully saturated rings. The highest BCUT2D eigenvalue weighted by atomic mass is 32.1. The number of pyridine rings is 1. The van der Waals surface area contributed by atoms with Crippen LogP contribution in [-0.2, 0) is 22.5 Å². The van der Waals surface area contributed by atoms with Gasteiger partial charge in [0.2, 0.25) is 0 Å². The summed E-state index contributed by atoms with van der Waals surface area (Å²) in [6, 6.07) is 3.92. The van der Waals surface area contributed by atoms with Crippen molar-refractivity contribution in [1.29, 1.82) is 0 Å². The second-order valence-electron chi connectivity index (χ2n) is 4.16. The summed E-state index contributed by atoms with van der Waals surface area (Å²) in [5.74, 6) is -0.176. The molecular weight excluding hydrogens is 274 g/mol. The number of carbonyl (C=O) groups is 1. The quantitative estimate of drug-likeness (QED) is 0.794. The summed E-state index contributed by atoms with van der Waals surface area (Å²) < 4.78 is 4.89. The average Bonchev–Trinajstić information content (AvgIpc) is 2.92. The maximum Gasteiger partial charge on any atom is 0.306 e. The van der Waals surface area contributed by atoms with Gasteiger partial charge >= 0.3 is 5.97 Å². The highest BCUT2D eigenvalue weighted by Crippen LogP contribution is 2.17. The summed E-state index contributed by atoms with van der Waals surface area (Å²) >= 11 is 1.54. The van der Waals surface area contributed by atoms with Crippen LogP contribution < -0.4 is 5.32 Å². The van der Waals surface area contributed by atoms with Crippen LogP contribution in [0.2, 0.25) is 0 Å². The standard InChI is InChI=1S/C14H17N3O2S/c1-2-19-13(18)6-5-12-10-20-14(17-12)16-9-11-4-3-7-15-8-11/h3-4,7-8,10H,2,5-6,9H2,1H3,(H,16,17). The third-order valence-electron chi connectivity index (χ3n) is 2.61. The van der Waals surface area contributed by atoms with E-state index < -0.39 is 0 Å². The van der Waals surface area contributed by atoms with Crippen LogP contribution in [0.5, 0.6) is 0 Å². The Hall–Kier alpha value is -1.95. The molecule has 6 heteroatoms. The number of esters is 1. The molecule has 0 aliphatic rings. The molecule has 20 heavy (non-hydrogen) atoms. The number of nitrogens with zero attached hydrogens (tertiary/aromatic N) is 2. The molecule has 2 heterocycles. The van der Waals surface area contributed by atoms with Crippen molar-refractivity contribution in [3.63, 3.8) is 0 Å². The van der Waals surface area contributed by atoms with Crippen molar-refractivity contribution in [2.45, 2.75) is 26.3 Å². The molecule has 2 rings (SSSR count). The van der Waals surface area contributed by atoms with Gasteiger partial charge in [0.1, 0.15) is 0 Å². The van der Waals surface area contributed by atoms with Gasteiger partial charge in [0.15, 0.2) is 5.13 Å². The lowest BCUT2D eigenvalue weighted by Crippen LogP contribution is -2.05. The molecule has 0 atom stereocenters. The second kappa shape index (κ2) is 7.59. The van der Waals surface area contributed by atoms with E-state index in [2.05, 4.69) is 15.3 Å². The molecule has 2 aromatic rings. The smallest absolute Gasteiger partial charge is 0.306 e. The van der Waals surface area contributed by atoms with Crippen LogP contribution in [0, 0.1) is 0 Å². The first-order valence-corrected chi connectivity index (χ1v) is 7.38. The summed E-state index contributed by atoms with van der Waals surface area (Å²) in [5, 5.41) is 6.06. The highest BCUT2D eigenvalue weighted by Gasteiger charge is 2.06. The van der Waals surface area contributed by atoms with Crippen molar-refractivity contribution in [3.8, 4) is 0 Å². The molecule has 1 N–H and O–H groups in total. The summed E-state index contributed by atoms with van der Waals surface area (Å²) in [6.45, 7) is 2.92. The van der Waals surface area contributed by atoms with E-state index in [0.717, 1.165) is 16.4 Å². The van der Waals surface area contributed by atoms with Crippen molar-refractivity contribution >= 4 is 22.4 Å². The zero-order chi connectivity index (χ0) is 14.2. The predicted molar refractivity (Wildman–Crippen MR) is 78.6 cm³/mol. The van der Waals surface area contributed by atoms with E-state index in [0.29, 0.717) is 26.0 Å². The van der Waals surface area contributed by atoms with Crippen molar-refractivity contribution in [1.82, 2.24) is 9.97 Å². The van der Waals surface area contributed by atoms with E-state index in [1.54, 1.807) is 13.1 Å². The minimum atomic E-state index is -0.176. The van der Waals surface area contributed by atoms with Crippen LogP contribution in [0.15, 0.2) is 29.9 Å². The highest BCUT2D eigenvalue weighted by molar-refractivity contribution is 7.13. The molecule has 0 aliphatic carbocycles. The number of ether oxygens (including phenoxy) is 1. The number of aryl methyl sites for hydroxylation is 1. The Balaban J connectivity index is 1.79. The van der Waals surface area contributed by atoms with Crippen molar-refractivity contribution in [3.05, 3.63) is 41.2 Å². The summed E-state index contributed by atoms with van der Waals surface area (Å²) in [5.41, 5.74) is 2.02. The number of hydrogen-bond donors (Lipinski definition) is 1. The second-order valence-corrected chi connectivity index (χ2v) is 5.02. The molecule has 0 saturated carbocycles. The van der Waals surface area contributed by atoms with E-state index in [1.807, 2.05) is 23.7 Å². The molecule has 2 aromatic heterocycles. The van der Waals surface area contributed by atoms with Crippen molar-refractivity contribution in [2.75, 3.05) is 11.9 Å². The summed E-state index contributed by atoms with van der Waals surface area (Å²) in [6.07, 6.45) is 4.56. The van der Waals surface area contributed by atoms with E-state index in [9.17, 15) is 4.79 Å². The van der Waals surface area contributed by atoms with Crippen LogP contribution in [-0.4, -0.2) is 22.5 Å². The van der Waals surface area contributed by atoms with Gasteiger partial charge in [-0.3, -0.25) is 9.78 Å². The molecule has 0 spiro atoms. The largest absolute Gasteiger partial charge is 0.466 e. The van der Waals surface area contributed by atoms with Gasteiger partial charge in [-0.05, 0) is 18.6 Å². The minimum absolute atomic E-state index is 0.176. The van der Waals surface area contributed by atoms with E-state index >= 15 is 0 Å². The molecule has 0 unspecified atom stereocenters. The van der Waals surface area contributed by atoms with Gasteiger partial charge < -0.3 is 10.1 Å². The normalized spacial score (nSPS) is 10.2. The molecule has 0 aliphatic heterocycles. The first-order valence-electron chi connectivity index (χ1n) is 6.50. The zero-order valence-corrected chi connectivity index (χ0v) is 12.2.